The van der Waals surface area contributed by atoms with Crippen molar-refractivity contribution < 1.29 is 97.1 Å². The third kappa shape index (κ3) is 4.44. The van der Waals surface area contributed by atoms with Crippen molar-refractivity contribution in [3.05, 3.63) is 23.8 Å². The minimum Gasteiger partial charge on any atom is -0.790 e. The molecule has 11 heteroatoms. The maximum Gasteiger partial charge on any atom is 1.00 e. The molecule has 0 saturated heterocycles. The average molecular weight is 498 g/mol. The van der Waals surface area contributed by atoms with E-state index in [1.54, 1.807) is 6.08 Å². The summed E-state index contributed by atoms with van der Waals surface area (Å²) < 4.78 is 30.5. The van der Waals surface area contributed by atoms with Crippen LogP contribution in [-0.4, -0.2) is 35.6 Å². The van der Waals surface area contributed by atoms with Gasteiger partial charge in [-0.1, -0.05) is 19.9 Å². The zero-order valence-electron chi connectivity index (χ0n) is 19.4. The summed E-state index contributed by atoms with van der Waals surface area (Å²) in [5, 5.41) is 11.3. The number of fused-ring (bicyclic) bond motifs is 7. The number of aliphatic hydroxyl groups excluding tert-OH is 1. The van der Waals surface area contributed by atoms with Crippen molar-refractivity contribution in [1.82, 2.24) is 0 Å². The van der Waals surface area contributed by atoms with Crippen LogP contribution in [0.5, 0.6) is 0 Å². The first-order chi connectivity index (χ1) is 14.4. The molecule has 7 nitrogen and oxygen atoms in total. The number of alkyl halides is 1. The van der Waals surface area contributed by atoms with Crippen molar-refractivity contribution in [2.45, 2.75) is 45.4 Å². The number of phosphoric ester groups is 1. The number of carbonyl (C=O) groups is 2. The summed E-state index contributed by atoms with van der Waals surface area (Å²) in [5.41, 5.74) is -0.947. The van der Waals surface area contributed by atoms with Gasteiger partial charge in [-0.05, 0) is 66.1 Å². The normalized spacial score (nSPS) is 47.1. The maximum absolute atomic E-state index is 15.3. The van der Waals surface area contributed by atoms with E-state index in [4.69, 9.17) is 0 Å². The van der Waals surface area contributed by atoms with Crippen molar-refractivity contribution in [2.75, 3.05) is 6.61 Å². The third-order valence-electron chi connectivity index (χ3n) is 8.97. The molecule has 0 spiro atoms. The molecule has 5 rings (SSSR count). The predicted molar refractivity (Wildman–Crippen MR) is 103 cm³/mol. The Hall–Kier alpha value is 0.820. The van der Waals surface area contributed by atoms with Crippen molar-refractivity contribution >= 4 is 19.4 Å². The van der Waals surface area contributed by atoms with E-state index in [0.29, 0.717) is 12.0 Å². The van der Waals surface area contributed by atoms with E-state index < -0.39 is 49.2 Å². The molecule has 0 amide bonds. The summed E-state index contributed by atoms with van der Waals surface area (Å²) in [6.07, 6.45) is 3.77. The fourth-order valence-corrected chi connectivity index (χ4v) is 8.44. The molecule has 4 fully saturated rings. The van der Waals surface area contributed by atoms with E-state index in [9.17, 15) is 29.0 Å². The van der Waals surface area contributed by atoms with Crippen LogP contribution >= 0.6 is 7.82 Å². The number of allylic oxidation sites excluding steroid dienone is 4. The minimum atomic E-state index is -5.26. The van der Waals surface area contributed by atoms with E-state index in [-0.39, 0.29) is 101 Å². The molecule has 0 aliphatic heterocycles. The number of carbonyl (C=O) groups excluding carboxylic acids is 2. The molecule has 4 saturated carbocycles. The summed E-state index contributed by atoms with van der Waals surface area (Å²) in [7, 11) is -5.26. The Balaban J connectivity index is 0.00000153. The number of hydrogen-bond acceptors (Lipinski definition) is 7. The van der Waals surface area contributed by atoms with Crippen molar-refractivity contribution in [3.63, 3.8) is 0 Å². The summed E-state index contributed by atoms with van der Waals surface area (Å²) in [6, 6.07) is 0. The maximum atomic E-state index is 15.3. The average Bonchev–Trinajstić information content (AvgIpc) is 3.34. The predicted octanol–water partition coefficient (Wildman–Crippen LogP) is -4.89. The molecule has 3 unspecified atom stereocenters. The van der Waals surface area contributed by atoms with Gasteiger partial charge in [0.05, 0.1) is 13.9 Å². The minimum absolute atomic E-state index is 0. The van der Waals surface area contributed by atoms with Crippen molar-refractivity contribution in [1.29, 1.82) is 0 Å². The Morgan fingerprint density at radius 2 is 1.88 bits per heavy atom. The summed E-state index contributed by atoms with van der Waals surface area (Å²) in [5.74, 6) is -1.36. The smallest absolute Gasteiger partial charge is 0.790 e. The molecular formula is C22H26FNa2O7P. The van der Waals surface area contributed by atoms with Crippen LogP contribution in [0.15, 0.2) is 23.8 Å². The second kappa shape index (κ2) is 9.29. The topological polar surface area (TPSA) is 127 Å². The molecular weight excluding hydrogens is 472 g/mol. The van der Waals surface area contributed by atoms with Gasteiger partial charge in [0.25, 0.3) is 0 Å². The first-order valence-corrected chi connectivity index (χ1v) is 12.3. The standard InChI is InChI=1S/C22H28FO7P.2Na/c1-21-4-3-10(24)5-14(21)15(23)7-13-18-11-6-12(11)19(17(26)9-30-31(27,28)29)22(18,2)8-16(25)20(13)21;;/h3-5,11-13,15-16,18-20,25H,6-9H2,1-2H3,(H2,27,28,29);;/q;2*+1/p-2/t11-,12+,13?,15-,16-,18?,19+,20?,21-,22-;;/m0../s1. The quantitative estimate of drug-likeness (QED) is 0.304. The molecule has 10 atom stereocenters. The van der Waals surface area contributed by atoms with Gasteiger partial charge in [-0.3, -0.25) is 9.59 Å². The zero-order chi connectivity index (χ0) is 22.5. The van der Waals surface area contributed by atoms with Crippen LogP contribution in [0.25, 0.3) is 0 Å². The van der Waals surface area contributed by atoms with Crippen LogP contribution in [0.4, 0.5) is 4.39 Å². The van der Waals surface area contributed by atoms with Crippen LogP contribution in [0, 0.1) is 46.3 Å². The molecule has 0 aromatic carbocycles. The molecule has 170 valence electrons. The van der Waals surface area contributed by atoms with Gasteiger partial charge in [0.1, 0.15) is 12.8 Å². The number of phosphoric acid groups is 1. The number of Topliss-reactive ketones (excluding diaryl/α,β-unsaturated/α-hetero) is 1. The molecule has 0 radical (unpaired) electrons. The van der Waals surface area contributed by atoms with Gasteiger partial charge in [-0.15, -0.1) is 0 Å². The summed E-state index contributed by atoms with van der Waals surface area (Å²) >= 11 is 0. The van der Waals surface area contributed by atoms with Gasteiger partial charge < -0.3 is 24.0 Å². The van der Waals surface area contributed by atoms with Crippen LogP contribution in [0.3, 0.4) is 0 Å². The number of halogens is 1. The molecule has 33 heavy (non-hydrogen) atoms. The molecule has 0 bridgehead atoms. The fourth-order valence-electron chi connectivity index (χ4n) is 8.16. The molecule has 0 heterocycles. The second-order valence-electron chi connectivity index (χ2n) is 10.5. The number of ketones is 2. The van der Waals surface area contributed by atoms with Gasteiger partial charge in [0, 0.05) is 17.3 Å². The Morgan fingerprint density at radius 1 is 1.21 bits per heavy atom. The van der Waals surface area contributed by atoms with E-state index >= 15 is 4.39 Å². The van der Waals surface area contributed by atoms with Crippen LogP contribution < -0.4 is 68.9 Å². The Morgan fingerprint density at radius 3 is 2.52 bits per heavy atom. The van der Waals surface area contributed by atoms with Crippen LogP contribution in [0.1, 0.15) is 33.1 Å². The largest absolute Gasteiger partial charge is 1.00 e. The first kappa shape index (κ1) is 28.4. The van der Waals surface area contributed by atoms with Crippen LogP contribution in [-0.2, 0) is 18.7 Å². The Labute approximate surface area is 236 Å². The zero-order valence-corrected chi connectivity index (χ0v) is 24.3. The molecule has 1 N–H and O–H groups in total. The van der Waals surface area contributed by atoms with Gasteiger partial charge in [0.2, 0.25) is 0 Å². The van der Waals surface area contributed by atoms with Gasteiger partial charge in [0.15, 0.2) is 11.6 Å². The van der Waals surface area contributed by atoms with Gasteiger partial charge in [-0.2, -0.15) is 0 Å². The number of rotatable bonds is 4. The monoisotopic (exact) mass is 498 g/mol. The Bertz CT molecular complexity index is 966. The fraction of sp³-hybridized carbons (Fsp3) is 0.727. The van der Waals surface area contributed by atoms with Crippen molar-refractivity contribution in [2.24, 2.45) is 46.3 Å². The van der Waals surface area contributed by atoms with E-state index in [1.807, 2.05) is 13.8 Å². The summed E-state index contributed by atoms with van der Waals surface area (Å²) in [6.45, 7) is 3.03. The first-order valence-electron chi connectivity index (χ1n) is 10.8. The second-order valence-corrected chi connectivity index (χ2v) is 11.7. The third-order valence-corrected chi connectivity index (χ3v) is 9.42. The van der Waals surface area contributed by atoms with Crippen molar-refractivity contribution in [3.8, 4) is 0 Å². The van der Waals surface area contributed by atoms with E-state index in [2.05, 4.69) is 4.52 Å². The Kier molecular flexibility index (Phi) is 7.99. The summed E-state index contributed by atoms with van der Waals surface area (Å²) in [4.78, 5) is 46.5. The molecule has 5 aliphatic carbocycles. The van der Waals surface area contributed by atoms with E-state index in [1.165, 1.54) is 12.2 Å². The molecule has 0 aromatic heterocycles. The van der Waals surface area contributed by atoms with Gasteiger partial charge in [-0.25, -0.2) is 4.39 Å². The van der Waals surface area contributed by atoms with Crippen LogP contribution in [0.2, 0.25) is 0 Å². The SMILES string of the molecule is C[C@]12C=CC(=O)C=C1[C@@H](F)CC1C2[C@@H](O)C[C@@]2(C)C1[C@H]1C[C@H]1[C@@H]2C(=O)COP(=O)([O-])[O-].[Na+].[Na+]. The molecule has 5 aliphatic rings. The van der Waals surface area contributed by atoms with E-state index in [0.717, 1.165) is 6.42 Å². The number of hydrogen-bond donors (Lipinski definition) is 1. The van der Waals surface area contributed by atoms with Gasteiger partial charge >= 0.3 is 59.1 Å². The molecule has 0 aromatic rings. The number of aliphatic hydroxyl groups is 1.